The molecule has 0 radical (unpaired) electrons. The first-order valence-corrected chi connectivity index (χ1v) is 8.86. The highest BCUT2D eigenvalue weighted by Crippen LogP contribution is 2.32. The van der Waals surface area contributed by atoms with Crippen LogP contribution >= 0.6 is 11.6 Å². The standard InChI is InChI=1S/C16H17ClN4O8/c1-6(22)26-4-9-11(27-7(2)23)12(28-8(3)24)15(29-9)21-5-18-10-13(21)19-16(17)20-14(10)25/h5,9-12,15H,4H2,1-3H3. The van der Waals surface area contributed by atoms with Gasteiger partial charge in [-0.2, -0.15) is 4.99 Å². The molecule has 0 aromatic rings. The van der Waals surface area contributed by atoms with Crippen molar-refractivity contribution in [3.63, 3.8) is 0 Å². The number of halogens is 1. The number of fused-ring (bicyclic) bond motifs is 1. The maximum absolute atomic E-state index is 12.0. The van der Waals surface area contributed by atoms with Crippen LogP contribution in [0, 0.1) is 0 Å². The molecule has 1 fully saturated rings. The number of hydrogen-bond acceptors (Lipinski definition) is 11. The van der Waals surface area contributed by atoms with Crippen molar-refractivity contribution in [3.8, 4) is 0 Å². The monoisotopic (exact) mass is 428 g/mol. The summed E-state index contributed by atoms with van der Waals surface area (Å²) in [4.78, 5) is 59.4. The summed E-state index contributed by atoms with van der Waals surface area (Å²) in [7, 11) is 0. The Bertz CT molecular complexity index is 841. The summed E-state index contributed by atoms with van der Waals surface area (Å²) < 4.78 is 21.4. The van der Waals surface area contributed by atoms with Crippen LogP contribution in [-0.2, 0) is 38.1 Å². The molecule has 0 saturated carbocycles. The van der Waals surface area contributed by atoms with E-state index in [9.17, 15) is 19.2 Å². The molecule has 12 nitrogen and oxygen atoms in total. The number of carbonyl (C=O) groups excluding carboxylic acids is 4. The highest BCUT2D eigenvalue weighted by atomic mass is 35.5. The van der Waals surface area contributed by atoms with Gasteiger partial charge in [0.05, 0.1) is 6.34 Å². The summed E-state index contributed by atoms with van der Waals surface area (Å²) in [5.41, 5.74) is 0. The number of amidine groups is 2. The molecule has 29 heavy (non-hydrogen) atoms. The molecule has 156 valence electrons. The molecule has 3 aliphatic rings. The third-order valence-electron chi connectivity index (χ3n) is 4.11. The lowest BCUT2D eigenvalue weighted by molar-refractivity contribution is -0.166. The van der Waals surface area contributed by atoms with Crippen molar-refractivity contribution in [1.82, 2.24) is 4.90 Å². The number of amides is 1. The number of carbonyl (C=O) groups is 4. The second-order valence-electron chi connectivity index (χ2n) is 6.28. The fraction of sp³-hybridized carbons (Fsp3) is 0.562. The first kappa shape index (κ1) is 20.9. The summed E-state index contributed by atoms with van der Waals surface area (Å²) >= 11 is 5.79. The lowest BCUT2D eigenvalue weighted by Crippen LogP contribution is -2.50. The van der Waals surface area contributed by atoms with Gasteiger partial charge < -0.3 is 18.9 Å². The van der Waals surface area contributed by atoms with Gasteiger partial charge >= 0.3 is 17.9 Å². The highest BCUT2D eigenvalue weighted by molar-refractivity contribution is 6.67. The van der Waals surface area contributed by atoms with Gasteiger partial charge in [-0.05, 0) is 11.6 Å². The van der Waals surface area contributed by atoms with E-state index in [0.717, 1.165) is 0 Å². The topological polar surface area (TPSA) is 146 Å². The first-order chi connectivity index (χ1) is 13.7. The van der Waals surface area contributed by atoms with E-state index in [0.29, 0.717) is 0 Å². The average Bonchev–Trinajstić information content (AvgIpc) is 3.15. The molecule has 3 rings (SSSR count). The number of ether oxygens (including phenoxy) is 4. The minimum absolute atomic E-state index is 0.117. The van der Waals surface area contributed by atoms with Gasteiger partial charge in [0.2, 0.25) is 5.29 Å². The third-order valence-corrected chi connectivity index (χ3v) is 4.28. The Morgan fingerprint density at radius 2 is 1.76 bits per heavy atom. The van der Waals surface area contributed by atoms with Crippen molar-refractivity contribution < 1.29 is 38.1 Å². The van der Waals surface area contributed by atoms with Crippen molar-refractivity contribution in [3.05, 3.63) is 0 Å². The van der Waals surface area contributed by atoms with Gasteiger partial charge in [-0.25, -0.2) is 4.99 Å². The van der Waals surface area contributed by atoms with Crippen LogP contribution in [0.2, 0.25) is 0 Å². The molecular formula is C16H17ClN4O8. The Labute approximate surface area is 169 Å². The maximum atomic E-state index is 12.0. The Morgan fingerprint density at radius 1 is 1.10 bits per heavy atom. The van der Waals surface area contributed by atoms with E-state index in [1.807, 2.05) is 0 Å². The van der Waals surface area contributed by atoms with E-state index in [1.54, 1.807) is 0 Å². The largest absolute Gasteiger partial charge is 0.463 e. The number of esters is 3. The number of nitrogens with zero attached hydrogens (tertiary/aromatic N) is 4. The van der Waals surface area contributed by atoms with Crippen molar-refractivity contribution in [2.45, 2.75) is 51.4 Å². The quantitative estimate of drug-likeness (QED) is 0.317. The maximum Gasteiger partial charge on any atom is 0.303 e. The molecule has 3 aliphatic heterocycles. The third kappa shape index (κ3) is 4.43. The fourth-order valence-corrected chi connectivity index (χ4v) is 3.25. The van der Waals surface area contributed by atoms with Crippen LogP contribution in [0.5, 0.6) is 0 Å². The summed E-state index contributed by atoms with van der Waals surface area (Å²) in [6, 6.07) is -1.02. The SMILES string of the molecule is CC(=O)OCC1OC(N2C=NC3C(=O)N=C(Cl)N=C32)C(OC(C)=O)C1OC(C)=O. The van der Waals surface area contributed by atoms with Crippen molar-refractivity contribution in [2.75, 3.05) is 6.61 Å². The number of hydrogen-bond donors (Lipinski definition) is 0. The minimum Gasteiger partial charge on any atom is -0.463 e. The summed E-state index contributed by atoms with van der Waals surface area (Å²) in [6.07, 6.45) is -2.97. The molecule has 0 aromatic carbocycles. The van der Waals surface area contributed by atoms with Crippen LogP contribution in [0.1, 0.15) is 20.8 Å². The minimum atomic E-state index is -1.13. The zero-order chi connectivity index (χ0) is 21.3. The Kier molecular flexibility index (Phi) is 5.94. The normalized spacial score (nSPS) is 30.4. The molecule has 0 N–H and O–H groups in total. The fourth-order valence-electron chi connectivity index (χ4n) is 3.08. The van der Waals surface area contributed by atoms with Crippen molar-refractivity contribution >= 4 is 52.9 Å². The van der Waals surface area contributed by atoms with Crippen LogP contribution < -0.4 is 0 Å². The summed E-state index contributed by atoms with van der Waals surface area (Å²) in [6.45, 7) is 3.30. The van der Waals surface area contributed by atoms with E-state index in [4.69, 9.17) is 30.5 Å². The van der Waals surface area contributed by atoms with Crippen LogP contribution in [0.3, 0.4) is 0 Å². The van der Waals surface area contributed by atoms with Gasteiger partial charge in [0.15, 0.2) is 24.5 Å². The van der Waals surface area contributed by atoms with E-state index in [2.05, 4.69) is 15.0 Å². The molecule has 0 bridgehead atoms. The molecule has 13 heteroatoms. The average molecular weight is 429 g/mol. The Hall–Kier alpha value is -2.86. The smallest absolute Gasteiger partial charge is 0.303 e. The number of rotatable bonds is 5. The van der Waals surface area contributed by atoms with E-state index in [1.165, 1.54) is 32.0 Å². The molecule has 0 aromatic heterocycles. The zero-order valence-electron chi connectivity index (χ0n) is 15.6. The second kappa shape index (κ2) is 8.25. The van der Waals surface area contributed by atoms with Crippen LogP contribution in [0.4, 0.5) is 0 Å². The molecule has 1 amide bonds. The molecular weight excluding hydrogens is 412 g/mol. The Morgan fingerprint density at radius 3 is 2.38 bits per heavy atom. The van der Waals surface area contributed by atoms with Gasteiger partial charge in [-0.3, -0.25) is 29.1 Å². The molecule has 5 unspecified atom stereocenters. The van der Waals surface area contributed by atoms with Crippen molar-refractivity contribution in [2.24, 2.45) is 15.0 Å². The molecule has 0 aliphatic carbocycles. The summed E-state index contributed by atoms with van der Waals surface area (Å²) in [5, 5.41) is -0.285. The molecule has 3 heterocycles. The first-order valence-electron chi connectivity index (χ1n) is 8.49. The molecule has 5 atom stereocenters. The highest BCUT2D eigenvalue weighted by Gasteiger charge is 2.54. The van der Waals surface area contributed by atoms with Crippen LogP contribution in [0.15, 0.2) is 15.0 Å². The van der Waals surface area contributed by atoms with Gasteiger partial charge in [0.1, 0.15) is 18.5 Å². The molecule has 0 spiro atoms. The van der Waals surface area contributed by atoms with Gasteiger partial charge in [-0.1, -0.05) is 0 Å². The van der Waals surface area contributed by atoms with E-state index < -0.39 is 54.4 Å². The van der Waals surface area contributed by atoms with Gasteiger partial charge in [-0.15, -0.1) is 0 Å². The summed E-state index contributed by atoms with van der Waals surface area (Å²) in [5.74, 6) is -2.39. The number of aliphatic imine (C=N–C) groups is 3. The van der Waals surface area contributed by atoms with Gasteiger partial charge in [0, 0.05) is 20.8 Å². The predicted molar refractivity (Wildman–Crippen MR) is 96.3 cm³/mol. The zero-order valence-corrected chi connectivity index (χ0v) is 16.4. The molecule has 1 saturated heterocycles. The Balaban J connectivity index is 1.93. The van der Waals surface area contributed by atoms with E-state index >= 15 is 0 Å². The lowest BCUT2D eigenvalue weighted by Gasteiger charge is -2.29. The van der Waals surface area contributed by atoms with Gasteiger partial charge in [0.25, 0.3) is 5.91 Å². The second-order valence-corrected chi connectivity index (χ2v) is 6.62. The lowest BCUT2D eigenvalue weighted by atomic mass is 10.1. The van der Waals surface area contributed by atoms with Crippen LogP contribution in [-0.4, -0.2) is 83.4 Å². The van der Waals surface area contributed by atoms with E-state index in [-0.39, 0.29) is 17.7 Å². The predicted octanol–water partition coefficient (Wildman–Crippen LogP) is -0.616. The van der Waals surface area contributed by atoms with Crippen LogP contribution in [0.25, 0.3) is 0 Å². The van der Waals surface area contributed by atoms with Crippen molar-refractivity contribution in [1.29, 1.82) is 0 Å².